The summed E-state index contributed by atoms with van der Waals surface area (Å²) in [7, 11) is -3.63. The van der Waals surface area contributed by atoms with Crippen molar-refractivity contribution in [3.8, 4) is 0 Å². The molecule has 2 rings (SSSR count). The highest BCUT2D eigenvalue weighted by Gasteiger charge is 2.35. The molecule has 0 bridgehead atoms. The number of rotatable bonds is 2. The predicted octanol–water partition coefficient (Wildman–Crippen LogP) is 1.84. The molecule has 1 aromatic carbocycles. The highest BCUT2D eigenvalue weighted by Crippen LogP contribution is 2.38. The van der Waals surface area contributed by atoms with Crippen LogP contribution in [0, 0.1) is 12.8 Å². The first kappa shape index (κ1) is 11.9. The van der Waals surface area contributed by atoms with E-state index >= 15 is 0 Å². The summed E-state index contributed by atoms with van der Waals surface area (Å²) in [4.78, 5) is 11.1. The Morgan fingerprint density at radius 3 is 2.53 bits per heavy atom. The molecule has 0 aromatic heterocycles. The molecule has 1 heterocycles. The summed E-state index contributed by atoms with van der Waals surface area (Å²) in [5, 5.41) is 8.92. The number of aryl methyl sites for hydroxylation is 1. The zero-order chi connectivity index (χ0) is 12.8. The minimum atomic E-state index is -3.63. The lowest BCUT2D eigenvalue weighted by Gasteiger charge is -2.07. The highest BCUT2D eigenvalue weighted by molar-refractivity contribution is 7.95. The van der Waals surface area contributed by atoms with E-state index in [9.17, 15) is 13.2 Å². The molecule has 90 valence electrons. The van der Waals surface area contributed by atoms with E-state index in [2.05, 4.69) is 0 Å². The van der Waals surface area contributed by atoms with Crippen LogP contribution in [0.1, 0.15) is 18.1 Å². The number of hydrogen-bond acceptors (Lipinski definition) is 3. The third-order valence-corrected chi connectivity index (χ3v) is 4.99. The number of benzene rings is 1. The van der Waals surface area contributed by atoms with E-state index in [0.717, 1.165) is 5.56 Å². The van der Waals surface area contributed by atoms with Gasteiger partial charge in [0.1, 0.15) is 0 Å². The number of aliphatic carboxylic acids is 1. The smallest absolute Gasteiger partial charge is 0.311 e. The molecule has 0 spiro atoms. The van der Waals surface area contributed by atoms with E-state index in [4.69, 9.17) is 5.11 Å². The molecular weight excluding hydrogens is 240 g/mol. The number of carboxylic acid groups (broad SMARTS) is 1. The number of fused-ring (bicyclic) bond motifs is 1. The zero-order valence-corrected chi connectivity index (χ0v) is 10.3. The van der Waals surface area contributed by atoms with Gasteiger partial charge in [0, 0.05) is 0 Å². The van der Waals surface area contributed by atoms with Crippen LogP contribution in [-0.4, -0.2) is 19.5 Å². The monoisotopic (exact) mass is 252 g/mol. The number of sulfone groups is 1. The molecule has 1 aliphatic heterocycles. The first-order chi connectivity index (χ1) is 7.85. The Labute approximate surface area is 99.5 Å². The maximum absolute atomic E-state index is 12.2. The van der Waals surface area contributed by atoms with E-state index in [1.165, 1.54) is 19.1 Å². The molecule has 0 saturated carbocycles. The summed E-state index contributed by atoms with van der Waals surface area (Å²) in [5.74, 6) is -2.16. The number of hydrogen-bond donors (Lipinski definition) is 1. The van der Waals surface area contributed by atoms with Crippen molar-refractivity contribution in [2.45, 2.75) is 18.7 Å². The largest absolute Gasteiger partial charge is 0.481 e. The van der Waals surface area contributed by atoms with Gasteiger partial charge < -0.3 is 5.11 Å². The number of carbonyl (C=O) groups is 1. The van der Waals surface area contributed by atoms with Gasteiger partial charge in [-0.05, 0) is 37.1 Å². The standard InChI is InChI=1S/C12H12O4S/c1-7-4-3-5-10-9(7)6-11(17(10,15)16)8(2)12(13)14/h3-6,8H,1-2H3,(H,13,14). The molecule has 0 radical (unpaired) electrons. The van der Waals surface area contributed by atoms with E-state index in [-0.39, 0.29) is 9.80 Å². The van der Waals surface area contributed by atoms with Crippen LogP contribution in [-0.2, 0) is 14.6 Å². The van der Waals surface area contributed by atoms with E-state index < -0.39 is 21.7 Å². The van der Waals surface area contributed by atoms with Gasteiger partial charge >= 0.3 is 5.97 Å². The quantitative estimate of drug-likeness (QED) is 0.871. The third-order valence-electron chi connectivity index (χ3n) is 2.97. The molecule has 0 aliphatic carbocycles. The average molecular weight is 252 g/mol. The maximum atomic E-state index is 12.2. The molecule has 0 fully saturated rings. The van der Waals surface area contributed by atoms with Gasteiger partial charge in [0.2, 0.25) is 9.84 Å². The van der Waals surface area contributed by atoms with Gasteiger partial charge in [-0.1, -0.05) is 12.1 Å². The maximum Gasteiger partial charge on any atom is 0.311 e. The summed E-state index contributed by atoms with van der Waals surface area (Å²) < 4.78 is 24.3. The van der Waals surface area contributed by atoms with Crippen molar-refractivity contribution in [1.82, 2.24) is 0 Å². The van der Waals surface area contributed by atoms with Gasteiger partial charge in [-0.3, -0.25) is 4.79 Å². The van der Waals surface area contributed by atoms with Crippen LogP contribution in [0.4, 0.5) is 0 Å². The number of carboxylic acids is 1. The molecule has 0 amide bonds. The van der Waals surface area contributed by atoms with Gasteiger partial charge in [-0.25, -0.2) is 8.42 Å². The van der Waals surface area contributed by atoms with Crippen molar-refractivity contribution in [2.75, 3.05) is 0 Å². The molecule has 1 aromatic rings. The fourth-order valence-corrected chi connectivity index (χ4v) is 3.76. The Kier molecular flexibility index (Phi) is 2.58. The average Bonchev–Trinajstić information content (AvgIpc) is 2.51. The van der Waals surface area contributed by atoms with Gasteiger partial charge in [-0.2, -0.15) is 0 Å². The van der Waals surface area contributed by atoms with Crippen molar-refractivity contribution >= 4 is 21.9 Å². The van der Waals surface area contributed by atoms with Crippen molar-refractivity contribution in [1.29, 1.82) is 0 Å². The van der Waals surface area contributed by atoms with Crippen LogP contribution in [0.5, 0.6) is 0 Å². The van der Waals surface area contributed by atoms with Crippen LogP contribution < -0.4 is 0 Å². The molecule has 5 heteroatoms. The van der Waals surface area contributed by atoms with Crippen LogP contribution in [0.2, 0.25) is 0 Å². The molecular formula is C12H12O4S. The zero-order valence-electron chi connectivity index (χ0n) is 9.47. The second kappa shape index (κ2) is 3.70. The first-order valence-electron chi connectivity index (χ1n) is 5.15. The van der Waals surface area contributed by atoms with Crippen LogP contribution in [0.15, 0.2) is 28.0 Å². The van der Waals surface area contributed by atoms with Crippen LogP contribution >= 0.6 is 0 Å². The SMILES string of the molecule is Cc1cccc2c1C=C(C(C)C(=O)O)S2(=O)=O. The van der Waals surface area contributed by atoms with Crippen molar-refractivity contribution in [2.24, 2.45) is 5.92 Å². The molecule has 1 unspecified atom stereocenters. The van der Waals surface area contributed by atoms with Gasteiger partial charge in [-0.15, -0.1) is 0 Å². The Morgan fingerprint density at radius 2 is 2.00 bits per heavy atom. The Balaban J connectivity index is 2.67. The van der Waals surface area contributed by atoms with Gasteiger partial charge in [0.15, 0.2) is 0 Å². The normalized spacial score (nSPS) is 18.4. The second-order valence-electron chi connectivity index (χ2n) is 4.10. The summed E-state index contributed by atoms with van der Waals surface area (Å²) in [5.41, 5.74) is 1.44. The molecule has 4 nitrogen and oxygen atoms in total. The van der Waals surface area contributed by atoms with E-state index in [1.54, 1.807) is 19.1 Å². The Morgan fingerprint density at radius 1 is 1.35 bits per heavy atom. The van der Waals surface area contributed by atoms with Crippen LogP contribution in [0.25, 0.3) is 6.08 Å². The summed E-state index contributed by atoms with van der Waals surface area (Å²) in [6.07, 6.45) is 1.47. The fraction of sp³-hybridized carbons (Fsp3) is 0.250. The highest BCUT2D eigenvalue weighted by atomic mass is 32.2. The van der Waals surface area contributed by atoms with Crippen molar-refractivity contribution in [3.05, 3.63) is 34.2 Å². The molecule has 0 saturated heterocycles. The topological polar surface area (TPSA) is 71.4 Å². The lowest BCUT2D eigenvalue weighted by molar-refractivity contribution is -0.139. The minimum absolute atomic E-state index is 0.0331. The second-order valence-corrected chi connectivity index (χ2v) is 6.01. The first-order valence-corrected chi connectivity index (χ1v) is 6.63. The molecule has 1 aliphatic rings. The predicted molar refractivity (Wildman–Crippen MR) is 63.1 cm³/mol. The molecule has 1 N–H and O–H groups in total. The minimum Gasteiger partial charge on any atom is -0.481 e. The van der Waals surface area contributed by atoms with Crippen molar-refractivity contribution < 1.29 is 18.3 Å². The summed E-state index contributed by atoms with van der Waals surface area (Å²) >= 11 is 0. The van der Waals surface area contributed by atoms with E-state index in [0.29, 0.717) is 5.56 Å². The fourth-order valence-electron chi connectivity index (χ4n) is 1.90. The third kappa shape index (κ3) is 1.67. The molecule has 17 heavy (non-hydrogen) atoms. The van der Waals surface area contributed by atoms with Crippen molar-refractivity contribution in [3.63, 3.8) is 0 Å². The Hall–Kier alpha value is -1.62. The Bertz CT molecular complexity index is 626. The lowest BCUT2D eigenvalue weighted by Crippen LogP contribution is -2.16. The summed E-state index contributed by atoms with van der Waals surface area (Å²) in [6, 6.07) is 4.98. The van der Waals surface area contributed by atoms with Gasteiger partial charge in [0.05, 0.1) is 15.7 Å². The van der Waals surface area contributed by atoms with E-state index in [1.807, 2.05) is 0 Å². The van der Waals surface area contributed by atoms with Gasteiger partial charge in [0.25, 0.3) is 0 Å². The van der Waals surface area contributed by atoms with Crippen LogP contribution in [0.3, 0.4) is 0 Å². The lowest BCUT2D eigenvalue weighted by atomic mass is 10.1. The molecule has 1 atom stereocenters. The summed E-state index contributed by atoms with van der Waals surface area (Å²) in [6.45, 7) is 3.19.